The molecule has 1 aliphatic rings. The normalized spacial score (nSPS) is 14.5. The lowest BCUT2D eigenvalue weighted by Crippen LogP contribution is -2.23. The fourth-order valence-electron chi connectivity index (χ4n) is 2.99. The molecule has 0 bridgehead atoms. The van der Waals surface area contributed by atoms with E-state index in [9.17, 15) is 9.59 Å². The Kier molecular flexibility index (Phi) is 4.25. The topological polar surface area (TPSA) is 88.3 Å². The van der Waals surface area contributed by atoms with Crippen molar-refractivity contribution in [2.24, 2.45) is 0 Å². The second kappa shape index (κ2) is 6.87. The van der Waals surface area contributed by atoms with Gasteiger partial charge in [-0.2, -0.15) is 0 Å². The number of hydrogen-bond acceptors (Lipinski definition) is 5. The van der Waals surface area contributed by atoms with Crippen LogP contribution < -0.4 is 10.2 Å². The Labute approximate surface area is 155 Å². The summed E-state index contributed by atoms with van der Waals surface area (Å²) < 4.78 is 5.07. The number of anilines is 2. The number of rotatable bonds is 4. The molecule has 0 saturated carbocycles. The van der Waals surface area contributed by atoms with Gasteiger partial charge in [-0.15, -0.1) is 0 Å². The molecule has 7 heteroatoms. The maximum atomic E-state index is 13.0. The third kappa shape index (κ3) is 3.22. The van der Waals surface area contributed by atoms with E-state index in [2.05, 4.69) is 15.5 Å². The predicted molar refractivity (Wildman–Crippen MR) is 98.9 cm³/mol. The SMILES string of the molecule is Cc1cc(CNC(=O)C=C2C(=O)N(c3ccncc3)c3ccccc32)on1. The number of para-hydroxylation sites is 1. The molecule has 3 aromatic rings. The molecule has 1 aliphatic heterocycles. The minimum Gasteiger partial charge on any atom is -0.359 e. The van der Waals surface area contributed by atoms with E-state index in [1.807, 2.05) is 24.3 Å². The first-order chi connectivity index (χ1) is 13.1. The first kappa shape index (κ1) is 16.7. The van der Waals surface area contributed by atoms with Crippen molar-refractivity contribution in [3.63, 3.8) is 0 Å². The number of benzene rings is 1. The summed E-state index contributed by atoms with van der Waals surface area (Å²) in [7, 11) is 0. The van der Waals surface area contributed by atoms with Gasteiger partial charge in [0.25, 0.3) is 5.91 Å². The van der Waals surface area contributed by atoms with E-state index in [1.165, 1.54) is 6.08 Å². The molecule has 0 spiro atoms. The number of aromatic nitrogens is 2. The van der Waals surface area contributed by atoms with E-state index in [1.54, 1.807) is 42.4 Å². The summed E-state index contributed by atoms with van der Waals surface area (Å²) >= 11 is 0. The van der Waals surface area contributed by atoms with Crippen molar-refractivity contribution in [1.82, 2.24) is 15.5 Å². The van der Waals surface area contributed by atoms with Crippen molar-refractivity contribution in [1.29, 1.82) is 0 Å². The quantitative estimate of drug-likeness (QED) is 0.723. The van der Waals surface area contributed by atoms with Crippen LogP contribution in [0.15, 0.2) is 65.5 Å². The molecule has 0 unspecified atom stereocenters. The number of fused-ring (bicyclic) bond motifs is 1. The Morgan fingerprint density at radius 1 is 1.22 bits per heavy atom. The van der Waals surface area contributed by atoms with Crippen LogP contribution >= 0.6 is 0 Å². The Bertz CT molecular complexity index is 1040. The number of carbonyl (C=O) groups is 2. The highest BCUT2D eigenvalue weighted by Gasteiger charge is 2.33. The molecule has 0 atom stereocenters. The molecule has 7 nitrogen and oxygen atoms in total. The zero-order valence-corrected chi connectivity index (χ0v) is 14.5. The summed E-state index contributed by atoms with van der Waals surface area (Å²) in [5.41, 5.74) is 3.23. The van der Waals surface area contributed by atoms with Gasteiger partial charge in [0.2, 0.25) is 5.91 Å². The largest absolute Gasteiger partial charge is 0.359 e. The van der Waals surface area contributed by atoms with Crippen LogP contribution in [-0.4, -0.2) is 22.0 Å². The zero-order chi connectivity index (χ0) is 18.8. The molecule has 2 amide bonds. The Hall–Kier alpha value is -3.74. The van der Waals surface area contributed by atoms with E-state index in [0.29, 0.717) is 22.6 Å². The van der Waals surface area contributed by atoms with E-state index in [4.69, 9.17) is 4.52 Å². The molecular weight excluding hydrogens is 344 g/mol. The highest BCUT2D eigenvalue weighted by Crippen LogP contribution is 2.40. The summed E-state index contributed by atoms with van der Waals surface area (Å²) in [6.45, 7) is 2.01. The molecule has 1 aromatic carbocycles. The second-order valence-corrected chi connectivity index (χ2v) is 6.07. The first-order valence-electron chi connectivity index (χ1n) is 8.39. The Morgan fingerprint density at radius 3 is 2.74 bits per heavy atom. The average Bonchev–Trinajstić information content (AvgIpc) is 3.22. The van der Waals surface area contributed by atoms with Gasteiger partial charge in [-0.3, -0.25) is 19.5 Å². The van der Waals surface area contributed by atoms with Crippen molar-refractivity contribution in [2.75, 3.05) is 4.90 Å². The van der Waals surface area contributed by atoms with Gasteiger partial charge in [0, 0.05) is 30.1 Å². The predicted octanol–water partition coefficient (Wildman–Crippen LogP) is 2.76. The summed E-state index contributed by atoms with van der Waals surface area (Å²) in [6.07, 6.45) is 4.57. The second-order valence-electron chi connectivity index (χ2n) is 6.07. The minimum atomic E-state index is -0.376. The van der Waals surface area contributed by atoms with Gasteiger partial charge in [-0.05, 0) is 25.1 Å². The molecule has 0 radical (unpaired) electrons. The zero-order valence-electron chi connectivity index (χ0n) is 14.5. The fourth-order valence-corrected chi connectivity index (χ4v) is 2.99. The number of hydrogen-bond donors (Lipinski definition) is 1. The maximum Gasteiger partial charge on any atom is 0.263 e. The number of amides is 2. The molecule has 2 aromatic heterocycles. The molecule has 27 heavy (non-hydrogen) atoms. The lowest BCUT2D eigenvalue weighted by atomic mass is 10.1. The van der Waals surface area contributed by atoms with Crippen LogP contribution in [0.3, 0.4) is 0 Å². The van der Waals surface area contributed by atoms with Crippen LogP contribution in [0.5, 0.6) is 0 Å². The van der Waals surface area contributed by atoms with Crippen molar-refractivity contribution >= 4 is 28.8 Å². The molecule has 0 saturated heterocycles. The number of pyridine rings is 1. The molecule has 3 heterocycles. The van der Waals surface area contributed by atoms with Crippen LogP contribution in [-0.2, 0) is 16.1 Å². The molecule has 1 N–H and O–H groups in total. The molecule has 0 fully saturated rings. The van der Waals surface area contributed by atoms with Crippen LogP contribution in [0.1, 0.15) is 17.0 Å². The van der Waals surface area contributed by atoms with Gasteiger partial charge in [-0.25, -0.2) is 0 Å². The van der Waals surface area contributed by atoms with Gasteiger partial charge in [0.1, 0.15) is 0 Å². The number of nitrogens with one attached hydrogen (secondary N) is 1. The van der Waals surface area contributed by atoms with Crippen LogP contribution in [0, 0.1) is 6.92 Å². The summed E-state index contributed by atoms with van der Waals surface area (Å²) in [4.78, 5) is 30.9. The van der Waals surface area contributed by atoms with Crippen LogP contribution in [0.2, 0.25) is 0 Å². The van der Waals surface area contributed by atoms with Crippen molar-refractivity contribution in [3.8, 4) is 0 Å². The number of nitrogens with zero attached hydrogens (tertiary/aromatic N) is 3. The summed E-state index contributed by atoms with van der Waals surface area (Å²) in [5, 5.41) is 6.49. The minimum absolute atomic E-state index is 0.202. The van der Waals surface area contributed by atoms with Gasteiger partial charge < -0.3 is 9.84 Å². The Balaban J connectivity index is 1.61. The molecule has 4 rings (SSSR count). The van der Waals surface area contributed by atoms with Crippen molar-refractivity contribution in [3.05, 3.63) is 78.0 Å². The van der Waals surface area contributed by atoms with Crippen LogP contribution in [0.4, 0.5) is 11.4 Å². The van der Waals surface area contributed by atoms with E-state index < -0.39 is 0 Å². The molecule has 134 valence electrons. The molecular formula is C20H16N4O3. The van der Waals surface area contributed by atoms with E-state index in [-0.39, 0.29) is 18.4 Å². The summed E-state index contributed by atoms with van der Waals surface area (Å²) in [6, 6.07) is 12.6. The van der Waals surface area contributed by atoms with Gasteiger partial charge in [-0.1, -0.05) is 23.4 Å². The van der Waals surface area contributed by atoms with Gasteiger partial charge in [0.15, 0.2) is 5.76 Å². The van der Waals surface area contributed by atoms with Crippen molar-refractivity contribution < 1.29 is 14.1 Å². The highest BCUT2D eigenvalue weighted by atomic mass is 16.5. The van der Waals surface area contributed by atoms with E-state index >= 15 is 0 Å². The maximum absolute atomic E-state index is 13.0. The van der Waals surface area contributed by atoms with Crippen molar-refractivity contribution in [2.45, 2.75) is 13.5 Å². The van der Waals surface area contributed by atoms with E-state index in [0.717, 1.165) is 11.4 Å². The Morgan fingerprint density at radius 2 is 2.00 bits per heavy atom. The lowest BCUT2D eigenvalue weighted by molar-refractivity contribution is -0.117. The monoisotopic (exact) mass is 360 g/mol. The van der Waals surface area contributed by atoms with Gasteiger partial charge in [0.05, 0.1) is 29.2 Å². The number of carbonyl (C=O) groups excluding carboxylic acids is 2. The number of aryl methyl sites for hydroxylation is 1. The smallest absolute Gasteiger partial charge is 0.263 e. The standard InChI is InChI=1S/C20H16N4O3/c1-13-10-15(27-23-13)12-22-19(25)11-17-16-4-2-3-5-18(16)24(20(17)26)14-6-8-21-9-7-14/h2-11H,12H2,1H3,(H,22,25). The highest BCUT2D eigenvalue weighted by molar-refractivity contribution is 6.37. The summed E-state index contributed by atoms with van der Waals surface area (Å²) in [5.74, 6) is -0.0809. The molecule has 0 aliphatic carbocycles. The first-order valence-corrected chi connectivity index (χ1v) is 8.39. The average molecular weight is 360 g/mol. The lowest BCUT2D eigenvalue weighted by Gasteiger charge is -2.16. The third-order valence-electron chi connectivity index (χ3n) is 4.18. The fraction of sp³-hybridized carbons (Fsp3) is 0.100. The third-order valence-corrected chi connectivity index (χ3v) is 4.18. The van der Waals surface area contributed by atoms with Gasteiger partial charge >= 0.3 is 0 Å². The van der Waals surface area contributed by atoms with Crippen LogP contribution in [0.25, 0.3) is 5.57 Å².